The van der Waals surface area contributed by atoms with Crippen molar-refractivity contribution in [1.29, 1.82) is 0 Å². The molecule has 0 atom stereocenters. The molecule has 2 rings (SSSR count). The van der Waals surface area contributed by atoms with E-state index in [2.05, 4.69) is 19.2 Å². The number of carbonyl (C=O) groups is 1. The normalized spacial score (nSPS) is 17.7. The summed E-state index contributed by atoms with van der Waals surface area (Å²) >= 11 is 0. The quantitative estimate of drug-likeness (QED) is 0.911. The van der Waals surface area contributed by atoms with Gasteiger partial charge in [0.15, 0.2) is 11.5 Å². The molecule has 1 aromatic rings. The zero-order chi connectivity index (χ0) is 14.8. The van der Waals surface area contributed by atoms with Crippen LogP contribution in [-0.2, 0) is 0 Å². The number of hydrogen-bond acceptors (Lipinski definition) is 4. The molecular formula is C15H22N2O3. The fraction of sp³-hybridized carbons (Fsp3) is 0.533. The summed E-state index contributed by atoms with van der Waals surface area (Å²) in [5.41, 5.74) is 0.431. The number of ether oxygens (including phenoxy) is 2. The number of benzene rings is 1. The van der Waals surface area contributed by atoms with Crippen molar-refractivity contribution >= 4 is 5.91 Å². The third-order valence-corrected chi connectivity index (χ3v) is 3.68. The summed E-state index contributed by atoms with van der Waals surface area (Å²) in [6.45, 7) is 6.46. The van der Waals surface area contributed by atoms with Crippen molar-refractivity contribution in [2.75, 3.05) is 33.9 Å². The second-order valence-electron chi connectivity index (χ2n) is 5.52. The minimum atomic E-state index is -0.192. The molecule has 1 fully saturated rings. The summed E-state index contributed by atoms with van der Waals surface area (Å²) in [6, 6.07) is 5.28. The maximum Gasteiger partial charge on any atom is 0.254 e. The molecule has 5 nitrogen and oxygen atoms in total. The van der Waals surface area contributed by atoms with Crippen LogP contribution in [0.2, 0.25) is 0 Å². The van der Waals surface area contributed by atoms with Crippen LogP contribution < -0.4 is 14.8 Å². The van der Waals surface area contributed by atoms with E-state index in [0.717, 1.165) is 13.1 Å². The summed E-state index contributed by atoms with van der Waals surface area (Å²) < 4.78 is 10.5. The van der Waals surface area contributed by atoms with E-state index in [1.54, 1.807) is 32.4 Å². The van der Waals surface area contributed by atoms with Gasteiger partial charge in [-0.1, -0.05) is 0 Å². The molecule has 1 amide bonds. The summed E-state index contributed by atoms with van der Waals surface area (Å²) in [7, 11) is 3.15. The Hall–Kier alpha value is -1.75. The summed E-state index contributed by atoms with van der Waals surface area (Å²) in [5, 5.41) is 3.31. The van der Waals surface area contributed by atoms with E-state index < -0.39 is 0 Å². The van der Waals surface area contributed by atoms with Crippen LogP contribution in [0.25, 0.3) is 0 Å². The highest BCUT2D eigenvalue weighted by atomic mass is 16.5. The largest absolute Gasteiger partial charge is 0.493 e. The van der Waals surface area contributed by atoms with Crippen LogP contribution in [0.15, 0.2) is 18.2 Å². The average molecular weight is 278 g/mol. The van der Waals surface area contributed by atoms with Gasteiger partial charge in [-0.05, 0) is 32.0 Å². The van der Waals surface area contributed by atoms with Gasteiger partial charge in [-0.15, -0.1) is 0 Å². The van der Waals surface area contributed by atoms with Crippen molar-refractivity contribution in [3.8, 4) is 11.5 Å². The Morgan fingerprint density at radius 3 is 2.55 bits per heavy atom. The first-order valence-corrected chi connectivity index (χ1v) is 6.74. The van der Waals surface area contributed by atoms with Crippen LogP contribution in [0.3, 0.4) is 0 Å². The number of nitrogens with one attached hydrogen (secondary N) is 1. The molecular weight excluding hydrogens is 256 g/mol. The molecule has 1 saturated heterocycles. The zero-order valence-electron chi connectivity index (χ0n) is 12.5. The van der Waals surface area contributed by atoms with Crippen molar-refractivity contribution in [3.05, 3.63) is 23.8 Å². The topological polar surface area (TPSA) is 50.8 Å². The molecule has 1 aliphatic rings. The monoisotopic (exact) mass is 278 g/mol. The third-order valence-electron chi connectivity index (χ3n) is 3.68. The second-order valence-corrected chi connectivity index (χ2v) is 5.52. The molecule has 1 aromatic carbocycles. The Balaban J connectivity index is 2.29. The first-order valence-electron chi connectivity index (χ1n) is 6.74. The van der Waals surface area contributed by atoms with Crippen molar-refractivity contribution in [3.63, 3.8) is 0 Å². The number of nitrogens with zero attached hydrogens (tertiary/aromatic N) is 1. The molecule has 1 heterocycles. The predicted molar refractivity (Wildman–Crippen MR) is 77.5 cm³/mol. The number of piperazine rings is 1. The smallest absolute Gasteiger partial charge is 0.254 e. The highest BCUT2D eigenvalue weighted by molar-refractivity contribution is 5.95. The van der Waals surface area contributed by atoms with Crippen molar-refractivity contribution in [2.45, 2.75) is 19.4 Å². The Morgan fingerprint density at radius 2 is 1.95 bits per heavy atom. The number of carbonyl (C=O) groups excluding carboxylic acids is 1. The Labute approximate surface area is 119 Å². The van der Waals surface area contributed by atoms with Crippen molar-refractivity contribution in [1.82, 2.24) is 10.2 Å². The molecule has 5 heteroatoms. The lowest BCUT2D eigenvalue weighted by Crippen LogP contribution is -2.59. The summed E-state index contributed by atoms with van der Waals surface area (Å²) in [5.74, 6) is 1.23. The fourth-order valence-electron chi connectivity index (χ4n) is 2.48. The minimum Gasteiger partial charge on any atom is -0.493 e. The fourth-order valence-corrected chi connectivity index (χ4v) is 2.48. The van der Waals surface area contributed by atoms with Crippen LogP contribution in [0, 0.1) is 0 Å². The van der Waals surface area contributed by atoms with Gasteiger partial charge in [-0.25, -0.2) is 0 Å². The third kappa shape index (κ3) is 2.72. The molecule has 0 bridgehead atoms. The van der Waals surface area contributed by atoms with Gasteiger partial charge in [0.05, 0.1) is 19.8 Å². The lowest BCUT2D eigenvalue weighted by molar-refractivity contribution is 0.0477. The Bertz CT molecular complexity index is 500. The molecule has 0 radical (unpaired) electrons. The standard InChI is InChI=1S/C15H22N2O3/c1-15(2)10-16-7-8-17(15)14(18)11-5-6-12(19-3)13(9-11)20-4/h5-6,9,16H,7-8,10H2,1-4H3. The number of amides is 1. The first-order chi connectivity index (χ1) is 9.49. The second kappa shape index (κ2) is 5.71. The SMILES string of the molecule is COc1ccc(C(=O)N2CCNCC2(C)C)cc1OC. The number of rotatable bonds is 3. The van der Waals surface area contributed by atoms with E-state index in [9.17, 15) is 4.79 Å². The van der Waals surface area contributed by atoms with Crippen LogP contribution in [0.5, 0.6) is 11.5 Å². The lowest BCUT2D eigenvalue weighted by atomic mass is 9.98. The van der Waals surface area contributed by atoms with Gasteiger partial charge in [-0.3, -0.25) is 4.79 Å². The van der Waals surface area contributed by atoms with Crippen LogP contribution in [-0.4, -0.2) is 50.2 Å². The number of methoxy groups -OCH3 is 2. The van der Waals surface area contributed by atoms with Gasteiger partial charge >= 0.3 is 0 Å². The molecule has 1 N–H and O–H groups in total. The van der Waals surface area contributed by atoms with E-state index in [4.69, 9.17) is 9.47 Å². The van der Waals surface area contributed by atoms with E-state index in [-0.39, 0.29) is 11.4 Å². The maximum atomic E-state index is 12.7. The average Bonchev–Trinajstić information content (AvgIpc) is 2.45. The van der Waals surface area contributed by atoms with Gasteiger partial charge in [0.2, 0.25) is 0 Å². The van der Waals surface area contributed by atoms with Crippen LogP contribution in [0.1, 0.15) is 24.2 Å². The van der Waals surface area contributed by atoms with E-state index in [0.29, 0.717) is 23.6 Å². The maximum absolute atomic E-state index is 12.7. The highest BCUT2D eigenvalue weighted by Crippen LogP contribution is 2.29. The van der Waals surface area contributed by atoms with Crippen molar-refractivity contribution in [2.24, 2.45) is 0 Å². The Kier molecular flexibility index (Phi) is 4.18. The van der Waals surface area contributed by atoms with E-state index >= 15 is 0 Å². The molecule has 0 saturated carbocycles. The zero-order valence-corrected chi connectivity index (χ0v) is 12.5. The van der Waals surface area contributed by atoms with Gasteiger partial charge < -0.3 is 19.7 Å². The predicted octanol–water partition coefficient (Wildman–Crippen LogP) is 1.53. The summed E-state index contributed by atoms with van der Waals surface area (Å²) in [6.07, 6.45) is 0. The molecule has 0 aliphatic carbocycles. The van der Waals surface area contributed by atoms with Crippen molar-refractivity contribution < 1.29 is 14.3 Å². The molecule has 20 heavy (non-hydrogen) atoms. The Morgan fingerprint density at radius 1 is 1.25 bits per heavy atom. The van der Waals surface area contributed by atoms with Gasteiger partial charge in [0, 0.05) is 25.2 Å². The first kappa shape index (κ1) is 14.7. The van der Waals surface area contributed by atoms with E-state index in [1.807, 2.05) is 4.90 Å². The minimum absolute atomic E-state index is 0.0254. The molecule has 0 unspecified atom stereocenters. The molecule has 1 aliphatic heterocycles. The van der Waals surface area contributed by atoms with Gasteiger partial charge in [0.1, 0.15) is 0 Å². The molecule has 0 aromatic heterocycles. The van der Waals surface area contributed by atoms with Gasteiger partial charge in [-0.2, -0.15) is 0 Å². The highest BCUT2D eigenvalue weighted by Gasteiger charge is 2.33. The summed E-state index contributed by atoms with van der Waals surface area (Å²) in [4.78, 5) is 14.6. The number of hydrogen-bond donors (Lipinski definition) is 1. The van der Waals surface area contributed by atoms with Gasteiger partial charge in [0.25, 0.3) is 5.91 Å². The van der Waals surface area contributed by atoms with Crippen LogP contribution in [0.4, 0.5) is 0 Å². The van der Waals surface area contributed by atoms with E-state index in [1.165, 1.54) is 0 Å². The van der Waals surface area contributed by atoms with Crippen LogP contribution >= 0.6 is 0 Å². The molecule has 0 spiro atoms. The molecule has 110 valence electrons. The lowest BCUT2D eigenvalue weighted by Gasteiger charge is -2.42.